The molecule has 1 unspecified atom stereocenters. The predicted molar refractivity (Wildman–Crippen MR) is 70.8 cm³/mol. The van der Waals surface area contributed by atoms with Gasteiger partial charge in [0.1, 0.15) is 0 Å². The third kappa shape index (κ3) is 4.93. The molecule has 0 bridgehead atoms. The first-order valence-electron chi connectivity index (χ1n) is 5.65. The van der Waals surface area contributed by atoms with Gasteiger partial charge in [0.25, 0.3) is 0 Å². The Morgan fingerprint density at radius 2 is 2.35 bits per heavy atom. The third-order valence-electron chi connectivity index (χ3n) is 2.37. The van der Waals surface area contributed by atoms with Gasteiger partial charge in [-0.1, -0.05) is 43.0 Å². The molecule has 0 aliphatic carbocycles. The van der Waals surface area contributed by atoms with E-state index in [4.69, 9.17) is 18.0 Å². The fourth-order valence-electron chi connectivity index (χ4n) is 1.56. The number of nitrogens with one attached hydrogen (secondary N) is 1. The van der Waals surface area contributed by atoms with Crippen LogP contribution in [0.4, 0.5) is 0 Å². The highest BCUT2D eigenvalue weighted by molar-refractivity contribution is 6.30. The van der Waals surface area contributed by atoms with Gasteiger partial charge in [-0.25, -0.2) is 0 Å². The maximum atomic E-state index is 11.7. The average Bonchev–Trinajstić information content (AvgIpc) is 2.28. The van der Waals surface area contributed by atoms with E-state index in [9.17, 15) is 4.79 Å². The summed E-state index contributed by atoms with van der Waals surface area (Å²) in [5.41, 5.74) is 0.891. The molecule has 17 heavy (non-hydrogen) atoms. The summed E-state index contributed by atoms with van der Waals surface area (Å²) in [5, 5.41) is 3.45. The monoisotopic (exact) mass is 249 g/mol. The lowest BCUT2D eigenvalue weighted by atomic mass is 10.1. The summed E-state index contributed by atoms with van der Waals surface area (Å²) in [4.78, 5) is 11.7. The van der Waals surface area contributed by atoms with E-state index in [-0.39, 0.29) is 11.9 Å². The lowest BCUT2D eigenvalue weighted by Crippen LogP contribution is -2.34. The highest BCUT2D eigenvalue weighted by Crippen LogP contribution is 2.11. The van der Waals surface area contributed by atoms with Gasteiger partial charge in [-0.3, -0.25) is 4.79 Å². The summed E-state index contributed by atoms with van der Waals surface area (Å²) in [7, 11) is 0. The molecule has 0 spiro atoms. The number of carbonyl (C=O) groups is 1. The number of hydrogen-bond acceptors (Lipinski definition) is 1. The smallest absolute Gasteiger partial charge is 0.225 e. The first-order chi connectivity index (χ1) is 8.15. The largest absolute Gasteiger partial charge is 0.342 e. The van der Waals surface area contributed by atoms with Gasteiger partial charge in [-0.15, -0.1) is 6.42 Å². The Kier molecular flexibility index (Phi) is 5.59. The maximum absolute atomic E-state index is 11.7. The van der Waals surface area contributed by atoms with Gasteiger partial charge >= 0.3 is 0 Å². The van der Waals surface area contributed by atoms with Crippen LogP contribution in [0.5, 0.6) is 0 Å². The average molecular weight is 250 g/mol. The minimum absolute atomic E-state index is 0.0660. The number of amides is 1. The molecule has 1 N–H and O–H groups in total. The van der Waals surface area contributed by atoms with E-state index in [1.807, 2.05) is 19.1 Å². The number of terminal acetylenes is 1. The third-order valence-corrected chi connectivity index (χ3v) is 2.60. The molecule has 0 saturated carbocycles. The summed E-state index contributed by atoms with van der Waals surface area (Å²) >= 11 is 5.85. The number of benzene rings is 1. The normalized spacial score (nSPS) is 11.6. The standard InChI is InChI=1S/C14H16ClNO/c1-3-6-13(4-2)16-14(17)10-11-7-5-8-12(15)9-11/h2,5,7-9,13H,3,6,10H2,1H3,(H,16,17). The Morgan fingerprint density at radius 3 is 2.94 bits per heavy atom. The maximum Gasteiger partial charge on any atom is 0.225 e. The van der Waals surface area contributed by atoms with E-state index in [1.165, 1.54) is 0 Å². The molecule has 0 radical (unpaired) electrons. The van der Waals surface area contributed by atoms with E-state index in [2.05, 4.69) is 11.2 Å². The summed E-state index contributed by atoms with van der Waals surface area (Å²) in [6, 6.07) is 7.09. The van der Waals surface area contributed by atoms with Crippen LogP contribution in [-0.4, -0.2) is 11.9 Å². The topological polar surface area (TPSA) is 29.1 Å². The highest BCUT2D eigenvalue weighted by Gasteiger charge is 2.09. The van der Waals surface area contributed by atoms with Gasteiger partial charge in [0.05, 0.1) is 12.5 Å². The molecule has 2 nitrogen and oxygen atoms in total. The minimum Gasteiger partial charge on any atom is -0.342 e. The van der Waals surface area contributed by atoms with Crippen LogP contribution in [0.1, 0.15) is 25.3 Å². The van der Waals surface area contributed by atoms with Crippen LogP contribution < -0.4 is 5.32 Å². The van der Waals surface area contributed by atoms with E-state index >= 15 is 0 Å². The molecule has 0 aromatic heterocycles. The van der Waals surface area contributed by atoms with E-state index < -0.39 is 0 Å². The van der Waals surface area contributed by atoms with Crippen molar-refractivity contribution >= 4 is 17.5 Å². The molecule has 0 fully saturated rings. The summed E-state index contributed by atoms with van der Waals surface area (Å²) in [5.74, 6) is 2.51. The molecular formula is C14H16ClNO. The minimum atomic E-state index is -0.174. The van der Waals surface area contributed by atoms with Crippen molar-refractivity contribution in [1.82, 2.24) is 5.32 Å². The molecule has 1 aromatic rings. The van der Waals surface area contributed by atoms with Crippen LogP contribution >= 0.6 is 11.6 Å². The SMILES string of the molecule is C#CC(CCC)NC(=O)Cc1cccc(Cl)c1. The Balaban J connectivity index is 2.52. The summed E-state index contributed by atoms with van der Waals surface area (Å²) in [6.07, 6.45) is 7.40. The lowest BCUT2D eigenvalue weighted by molar-refractivity contribution is -0.120. The van der Waals surface area contributed by atoms with Crippen LogP contribution in [0.3, 0.4) is 0 Å². The van der Waals surface area contributed by atoms with Crippen molar-refractivity contribution in [3.63, 3.8) is 0 Å². The number of halogens is 1. The van der Waals surface area contributed by atoms with Crippen molar-refractivity contribution in [2.75, 3.05) is 0 Å². The second-order valence-corrected chi connectivity index (χ2v) is 4.32. The number of rotatable bonds is 5. The summed E-state index contributed by atoms with van der Waals surface area (Å²) in [6.45, 7) is 2.04. The van der Waals surface area contributed by atoms with Crippen LogP contribution in [0.15, 0.2) is 24.3 Å². The molecular weight excluding hydrogens is 234 g/mol. The Morgan fingerprint density at radius 1 is 1.59 bits per heavy atom. The van der Waals surface area contributed by atoms with E-state index in [0.29, 0.717) is 11.4 Å². The van der Waals surface area contributed by atoms with Gasteiger partial charge in [-0.2, -0.15) is 0 Å². The first kappa shape index (κ1) is 13.6. The fourth-order valence-corrected chi connectivity index (χ4v) is 1.78. The van der Waals surface area contributed by atoms with Crippen molar-refractivity contribution in [2.45, 2.75) is 32.2 Å². The zero-order valence-corrected chi connectivity index (χ0v) is 10.6. The molecule has 1 aromatic carbocycles. The zero-order chi connectivity index (χ0) is 12.7. The molecule has 0 aliphatic heterocycles. The molecule has 0 saturated heterocycles. The Labute approximate surface area is 107 Å². The molecule has 0 aliphatic rings. The Hall–Kier alpha value is -1.46. The molecule has 3 heteroatoms. The van der Waals surface area contributed by atoms with Gasteiger partial charge in [0.15, 0.2) is 0 Å². The molecule has 1 amide bonds. The summed E-state index contributed by atoms with van der Waals surface area (Å²) < 4.78 is 0. The molecule has 90 valence electrons. The van der Waals surface area contributed by atoms with E-state index in [1.54, 1.807) is 12.1 Å². The number of hydrogen-bond donors (Lipinski definition) is 1. The van der Waals surface area contributed by atoms with Gasteiger partial charge in [-0.05, 0) is 24.1 Å². The van der Waals surface area contributed by atoms with Crippen LogP contribution in [-0.2, 0) is 11.2 Å². The van der Waals surface area contributed by atoms with Crippen LogP contribution in [0.25, 0.3) is 0 Å². The predicted octanol–water partition coefficient (Wildman–Crippen LogP) is 2.80. The van der Waals surface area contributed by atoms with E-state index in [0.717, 1.165) is 18.4 Å². The van der Waals surface area contributed by atoms with Crippen LogP contribution in [0.2, 0.25) is 5.02 Å². The Bertz CT molecular complexity index is 422. The zero-order valence-electron chi connectivity index (χ0n) is 9.87. The molecule has 0 heterocycles. The first-order valence-corrected chi connectivity index (χ1v) is 6.03. The molecule has 1 rings (SSSR count). The van der Waals surface area contributed by atoms with Gasteiger partial charge < -0.3 is 5.32 Å². The number of carbonyl (C=O) groups excluding carboxylic acids is 1. The molecule has 1 atom stereocenters. The van der Waals surface area contributed by atoms with Crippen molar-refractivity contribution < 1.29 is 4.79 Å². The van der Waals surface area contributed by atoms with Gasteiger partial charge in [0, 0.05) is 5.02 Å². The fraction of sp³-hybridized carbons (Fsp3) is 0.357. The van der Waals surface area contributed by atoms with Gasteiger partial charge in [0.2, 0.25) is 5.91 Å². The lowest BCUT2D eigenvalue weighted by Gasteiger charge is -2.11. The quantitative estimate of drug-likeness (QED) is 0.799. The van der Waals surface area contributed by atoms with Crippen molar-refractivity contribution in [2.24, 2.45) is 0 Å². The second kappa shape index (κ2) is 6.98. The van der Waals surface area contributed by atoms with Crippen LogP contribution in [0, 0.1) is 12.3 Å². The van der Waals surface area contributed by atoms with Crippen molar-refractivity contribution in [3.8, 4) is 12.3 Å². The van der Waals surface area contributed by atoms with Crippen molar-refractivity contribution in [3.05, 3.63) is 34.9 Å². The van der Waals surface area contributed by atoms with Crippen molar-refractivity contribution in [1.29, 1.82) is 0 Å². The second-order valence-electron chi connectivity index (χ2n) is 3.88. The highest BCUT2D eigenvalue weighted by atomic mass is 35.5.